The molecule has 1 atom stereocenters. The number of hydrogen-bond donors (Lipinski definition) is 1. The average molecular weight is 286 g/mol. The van der Waals surface area contributed by atoms with Gasteiger partial charge in [-0.2, -0.15) is 0 Å². The van der Waals surface area contributed by atoms with Crippen LogP contribution in [0.3, 0.4) is 0 Å². The number of carbonyl (C=O) groups is 2. The molecule has 0 radical (unpaired) electrons. The smallest absolute Gasteiger partial charge is 0.338 e. The van der Waals surface area contributed by atoms with Crippen molar-refractivity contribution in [1.29, 1.82) is 0 Å². The zero-order valence-electron chi connectivity index (χ0n) is 12.2. The molecule has 1 aliphatic heterocycles. The van der Waals surface area contributed by atoms with Crippen LogP contribution in [0.15, 0.2) is 18.2 Å². The van der Waals surface area contributed by atoms with Crippen molar-refractivity contribution >= 4 is 23.3 Å². The number of carbonyl (C=O) groups excluding carboxylic acids is 2. The second-order valence-corrected chi connectivity index (χ2v) is 4.77. The number of hydrogen-bond acceptors (Lipinski definition) is 4. The summed E-state index contributed by atoms with van der Waals surface area (Å²) in [5, 5.41) is 3.03. The number of nitrogens with zero attached hydrogens (tertiary/aromatic N) is 1. The van der Waals surface area contributed by atoms with Crippen LogP contribution in [0.4, 0.5) is 11.4 Å². The van der Waals surface area contributed by atoms with Crippen molar-refractivity contribution in [3.05, 3.63) is 23.8 Å². The van der Waals surface area contributed by atoms with Gasteiger partial charge in [-0.3, -0.25) is 4.79 Å². The SMILES string of the molecule is C#CC1CC(=O)N(c2cc(C(=O)OCC)ccc2NC)C1. The lowest BCUT2D eigenvalue weighted by Crippen LogP contribution is -2.25. The minimum Gasteiger partial charge on any atom is -0.462 e. The van der Waals surface area contributed by atoms with E-state index in [4.69, 9.17) is 11.2 Å². The number of benzene rings is 1. The number of nitrogens with one attached hydrogen (secondary N) is 1. The first-order valence-corrected chi connectivity index (χ1v) is 6.86. The normalized spacial score (nSPS) is 17.5. The Morgan fingerprint density at radius 2 is 2.33 bits per heavy atom. The van der Waals surface area contributed by atoms with Crippen LogP contribution < -0.4 is 10.2 Å². The van der Waals surface area contributed by atoms with Crippen LogP contribution >= 0.6 is 0 Å². The van der Waals surface area contributed by atoms with Gasteiger partial charge < -0.3 is 15.0 Å². The lowest BCUT2D eigenvalue weighted by atomic mass is 10.1. The van der Waals surface area contributed by atoms with Crippen molar-refractivity contribution in [3.8, 4) is 12.3 Å². The highest BCUT2D eigenvalue weighted by atomic mass is 16.5. The van der Waals surface area contributed by atoms with E-state index in [0.29, 0.717) is 30.8 Å². The number of ether oxygens (including phenoxy) is 1. The molecule has 21 heavy (non-hydrogen) atoms. The minimum absolute atomic E-state index is 0.0320. The summed E-state index contributed by atoms with van der Waals surface area (Å²) in [5.41, 5.74) is 1.85. The summed E-state index contributed by atoms with van der Waals surface area (Å²) in [4.78, 5) is 25.6. The van der Waals surface area contributed by atoms with Gasteiger partial charge in [0, 0.05) is 25.9 Å². The van der Waals surface area contributed by atoms with Gasteiger partial charge in [0.1, 0.15) is 0 Å². The molecule has 1 aromatic carbocycles. The molecule has 0 aromatic heterocycles. The number of anilines is 2. The van der Waals surface area contributed by atoms with Crippen LogP contribution in [0.2, 0.25) is 0 Å². The van der Waals surface area contributed by atoms with E-state index in [1.807, 2.05) is 0 Å². The molecule has 2 rings (SSSR count). The summed E-state index contributed by atoms with van der Waals surface area (Å²) in [7, 11) is 1.77. The third-order valence-electron chi connectivity index (χ3n) is 3.43. The van der Waals surface area contributed by atoms with E-state index in [2.05, 4.69) is 11.2 Å². The maximum absolute atomic E-state index is 12.1. The van der Waals surface area contributed by atoms with E-state index < -0.39 is 5.97 Å². The lowest BCUT2D eigenvalue weighted by Gasteiger charge is -2.20. The molecule has 5 nitrogen and oxygen atoms in total. The molecule has 1 aliphatic rings. The minimum atomic E-state index is -0.401. The lowest BCUT2D eigenvalue weighted by molar-refractivity contribution is -0.117. The molecule has 1 aromatic rings. The Hall–Kier alpha value is -2.48. The second kappa shape index (κ2) is 6.31. The third-order valence-corrected chi connectivity index (χ3v) is 3.43. The maximum Gasteiger partial charge on any atom is 0.338 e. The molecule has 110 valence electrons. The van der Waals surface area contributed by atoms with Crippen LogP contribution in [0.5, 0.6) is 0 Å². The van der Waals surface area contributed by atoms with E-state index in [1.165, 1.54) is 0 Å². The number of esters is 1. The highest BCUT2D eigenvalue weighted by Crippen LogP contribution is 2.32. The molecule has 1 N–H and O–H groups in total. The van der Waals surface area contributed by atoms with Crippen molar-refractivity contribution < 1.29 is 14.3 Å². The summed E-state index contributed by atoms with van der Waals surface area (Å²) in [6.07, 6.45) is 5.74. The molecule has 1 unspecified atom stereocenters. The molecular formula is C16H18N2O3. The summed E-state index contributed by atoms with van der Waals surface area (Å²) >= 11 is 0. The van der Waals surface area contributed by atoms with E-state index in [1.54, 1.807) is 37.1 Å². The zero-order valence-corrected chi connectivity index (χ0v) is 12.2. The fourth-order valence-corrected chi connectivity index (χ4v) is 2.36. The van der Waals surface area contributed by atoms with Crippen LogP contribution in [0.1, 0.15) is 23.7 Å². The molecule has 0 spiro atoms. The molecule has 1 amide bonds. The monoisotopic (exact) mass is 286 g/mol. The number of amides is 1. The van der Waals surface area contributed by atoms with Gasteiger partial charge in [0.15, 0.2) is 0 Å². The highest BCUT2D eigenvalue weighted by Gasteiger charge is 2.31. The number of rotatable bonds is 4. The predicted molar refractivity (Wildman–Crippen MR) is 81.2 cm³/mol. The highest BCUT2D eigenvalue weighted by molar-refractivity contribution is 6.01. The van der Waals surface area contributed by atoms with Gasteiger partial charge in [0.2, 0.25) is 5.91 Å². The van der Waals surface area contributed by atoms with Gasteiger partial charge in [-0.05, 0) is 25.1 Å². The average Bonchev–Trinajstić information content (AvgIpc) is 2.87. The van der Waals surface area contributed by atoms with Crippen LogP contribution in [0, 0.1) is 18.3 Å². The molecule has 0 saturated carbocycles. The van der Waals surface area contributed by atoms with Gasteiger partial charge in [0.25, 0.3) is 0 Å². The van der Waals surface area contributed by atoms with Crippen molar-refractivity contribution in [2.24, 2.45) is 5.92 Å². The Kier molecular flexibility index (Phi) is 4.49. The molecule has 0 bridgehead atoms. The Labute approximate surface area is 124 Å². The molecule has 1 heterocycles. The zero-order chi connectivity index (χ0) is 15.4. The Morgan fingerprint density at radius 3 is 2.90 bits per heavy atom. The molecule has 0 aliphatic carbocycles. The van der Waals surface area contributed by atoms with Crippen LogP contribution in [0.25, 0.3) is 0 Å². The van der Waals surface area contributed by atoms with Crippen LogP contribution in [-0.2, 0) is 9.53 Å². The van der Waals surface area contributed by atoms with Gasteiger partial charge in [0.05, 0.1) is 23.5 Å². The van der Waals surface area contributed by atoms with Crippen molar-refractivity contribution in [3.63, 3.8) is 0 Å². The van der Waals surface area contributed by atoms with Gasteiger partial charge in [-0.15, -0.1) is 12.3 Å². The van der Waals surface area contributed by atoms with Gasteiger partial charge in [-0.1, -0.05) is 0 Å². The fourth-order valence-electron chi connectivity index (χ4n) is 2.36. The Balaban J connectivity index is 2.37. The topological polar surface area (TPSA) is 58.6 Å². The fraction of sp³-hybridized carbons (Fsp3) is 0.375. The summed E-state index contributed by atoms with van der Waals surface area (Å²) in [5.74, 6) is 2.09. The summed E-state index contributed by atoms with van der Waals surface area (Å²) < 4.78 is 4.99. The first-order chi connectivity index (χ1) is 10.1. The first-order valence-electron chi connectivity index (χ1n) is 6.86. The summed E-state index contributed by atoms with van der Waals surface area (Å²) in [6.45, 7) is 2.53. The molecule has 5 heteroatoms. The maximum atomic E-state index is 12.1. The Morgan fingerprint density at radius 1 is 1.57 bits per heavy atom. The molecule has 1 fully saturated rings. The van der Waals surface area contributed by atoms with E-state index in [-0.39, 0.29) is 11.8 Å². The Bertz CT molecular complexity index is 604. The van der Waals surface area contributed by atoms with Gasteiger partial charge >= 0.3 is 5.97 Å². The second-order valence-electron chi connectivity index (χ2n) is 4.77. The molecule has 1 saturated heterocycles. The standard InChI is InChI=1S/C16H18N2O3/c1-4-11-8-15(19)18(10-11)14-9-12(16(20)21-5-2)6-7-13(14)17-3/h1,6-7,9,11,17H,5,8,10H2,2-3H3. The van der Waals surface area contributed by atoms with Crippen molar-refractivity contribution in [2.45, 2.75) is 13.3 Å². The van der Waals surface area contributed by atoms with E-state index in [0.717, 1.165) is 5.69 Å². The van der Waals surface area contributed by atoms with Gasteiger partial charge in [-0.25, -0.2) is 4.79 Å². The van der Waals surface area contributed by atoms with Crippen molar-refractivity contribution in [1.82, 2.24) is 0 Å². The largest absolute Gasteiger partial charge is 0.462 e. The quantitative estimate of drug-likeness (QED) is 0.678. The van der Waals surface area contributed by atoms with Crippen LogP contribution in [-0.4, -0.2) is 32.1 Å². The van der Waals surface area contributed by atoms with E-state index in [9.17, 15) is 9.59 Å². The van der Waals surface area contributed by atoms with Crippen molar-refractivity contribution in [2.75, 3.05) is 30.4 Å². The number of terminal acetylenes is 1. The van der Waals surface area contributed by atoms with E-state index >= 15 is 0 Å². The summed E-state index contributed by atoms with van der Waals surface area (Å²) in [6, 6.07) is 5.10. The molecular weight excluding hydrogens is 268 g/mol. The third kappa shape index (κ3) is 3.00. The predicted octanol–water partition coefficient (Wildman–Crippen LogP) is 1.89. The first kappa shape index (κ1) is 14.9.